The second kappa shape index (κ2) is 3.20. The zero-order valence-electron chi connectivity index (χ0n) is 8.33. The van der Waals surface area contributed by atoms with Crippen LogP contribution in [-0.4, -0.2) is 20.7 Å². The summed E-state index contributed by atoms with van der Waals surface area (Å²) in [7, 11) is 1.66. The average Bonchev–Trinajstić information content (AvgIpc) is 2.26. The van der Waals surface area contributed by atoms with Crippen LogP contribution < -0.4 is 0 Å². The first-order chi connectivity index (χ1) is 5.95. The molecule has 0 radical (unpaired) electrons. The minimum atomic E-state index is -0.124. The molecule has 0 aliphatic rings. The highest BCUT2D eigenvalue weighted by Crippen LogP contribution is 2.22. The highest BCUT2D eigenvalue weighted by Gasteiger charge is 2.21. The van der Waals surface area contributed by atoms with Gasteiger partial charge in [-0.3, -0.25) is 9.48 Å². The van der Waals surface area contributed by atoms with E-state index in [9.17, 15) is 9.90 Å². The SMILES string of the molecule is Cc1nn(C)c(C(=O)C(C)C)c1O. The maximum Gasteiger partial charge on any atom is 0.187 e. The smallest absolute Gasteiger partial charge is 0.187 e. The summed E-state index contributed by atoms with van der Waals surface area (Å²) in [6, 6.07) is 0. The highest BCUT2D eigenvalue weighted by molar-refractivity contribution is 5.98. The average molecular weight is 182 g/mol. The molecule has 0 aliphatic carbocycles. The zero-order valence-corrected chi connectivity index (χ0v) is 8.33. The lowest BCUT2D eigenvalue weighted by molar-refractivity contribution is 0.0927. The van der Waals surface area contributed by atoms with E-state index in [4.69, 9.17) is 0 Å². The first-order valence-corrected chi connectivity index (χ1v) is 4.22. The van der Waals surface area contributed by atoms with Crippen LogP contribution in [0.1, 0.15) is 30.0 Å². The molecule has 0 aromatic carbocycles. The van der Waals surface area contributed by atoms with Crippen LogP contribution in [0.2, 0.25) is 0 Å². The molecule has 0 saturated heterocycles. The fourth-order valence-corrected chi connectivity index (χ4v) is 1.20. The molecule has 72 valence electrons. The Bertz CT molecular complexity index is 340. The van der Waals surface area contributed by atoms with Gasteiger partial charge in [-0.2, -0.15) is 5.10 Å². The van der Waals surface area contributed by atoms with Crippen LogP contribution in [0, 0.1) is 12.8 Å². The van der Waals surface area contributed by atoms with Crippen molar-refractivity contribution in [2.45, 2.75) is 20.8 Å². The summed E-state index contributed by atoms with van der Waals surface area (Å²) in [5, 5.41) is 13.5. The molecular weight excluding hydrogens is 168 g/mol. The summed E-state index contributed by atoms with van der Waals surface area (Å²) < 4.78 is 1.42. The maximum absolute atomic E-state index is 11.6. The lowest BCUT2D eigenvalue weighted by atomic mass is 10.1. The fraction of sp³-hybridized carbons (Fsp3) is 0.556. The summed E-state index contributed by atoms with van der Waals surface area (Å²) in [5.41, 5.74) is 0.791. The molecule has 4 heteroatoms. The van der Waals surface area contributed by atoms with Crippen LogP contribution in [0.5, 0.6) is 5.75 Å². The summed E-state index contributed by atoms with van der Waals surface area (Å²) in [5.74, 6) is -0.206. The van der Waals surface area contributed by atoms with Gasteiger partial charge in [0, 0.05) is 13.0 Å². The van der Waals surface area contributed by atoms with E-state index in [-0.39, 0.29) is 17.5 Å². The number of nitrogens with zero attached hydrogens (tertiary/aromatic N) is 2. The number of carbonyl (C=O) groups is 1. The molecule has 0 unspecified atom stereocenters. The van der Waals surface area contributed by atoms with Crippen LogP contribution in [0.4, 0.5) is 0 Å². The van der Waals surface area contributed by atoms with Crippen LogP contribution in [-0.2, 0) is 7.05 Å². The molecule has 13 heavy (non-hydrogen) atoms. The van der Waals surface area contributed by atoms with E-state index >= 15 is 0 Å². The molecule has 0 saturated carbocycles. The molecule has 1 N–H and O–H groups in total. The Morgan fingerprint density at radius 2 is 2.08 bits per heavy atom. The summed E-state index contributed by atoms with van der Waals surface area (Å²) >= 11 is 0. The van der Waals surface area contributed by atoms with Crippen LogP contribution in [0.3, 0.4) is 0 Å². The Kier molecular flexibility index (Phi) is 2.40. The van der Waals surface area contributed by atoms with Crippen LogP contribution >= 0.6 is 0 Å². The van der Waals surface area contributed by atoms with E-state index in [1.165, 1.54) is 4.68 Å². The first-order valence-electron chi connectivity index (χ1n) is 4.22. The minimum Gasteiger partial charge on any atom is -0.504 e. The summed E-state index contributed by atoms with van der Waals surface area (Å²) in [4.78, 5) is 11.6. The molecule has 1 aromatic heterocycles. The standard InChI is InChI=1S/C9H14N2O2/c1-5(2)8(12)7-9(13)6(3)10-11(7)4/h5,13H,1-4H3. The van der Waals surface area contributed by atoms with Crippen molar-refractivity contribution in [3.8, 4) is 5.75 Å². The van der Waals surface area contributed by atoms with Gasteiger partial charge < -0.3 is 5.11 Å². The summed E-state index contributed by atoms with van der Waals surface area (Å²) in [6.45, 7) is 5.26. The third kappa shape index (κ3) is 1.56. The molecule has 1 rings (SSSR count). The Hall–Kier alpha value is -1.32. The number of aromatic hydroxyl groups is 1. The van der Waals surface area contributed by atoms with E-state index in [0.29, 0.717) is 11.4 Å². The predicted molar refractivity (Wildman–Crippen MR) is 48.8 cm³/mol. The third-order valence-electron chi connectivity index (χ3n) is 1.95. The number of Topliss-reactive ketones (excluding diaryl/α,β-unsaturated/α-hetero) is 1. The molecule has 4 nitrogen and oxygen atoms in total. The number of hydrogen-bond acceptors (Lipinski definition) is 3. The number of hydrogen-bond donors (Lipinski definition) is 1. The van der Waals surface area contributed by atoms with Gasteiger partial charge in [0.05, 0.1) is 0 Å². The molecule has 0 aliphatic heterocycles. The molecule has 0 bridgehead atoms. The van der Waals surface area contributed by atoms with E-state index in [1.807, 2.05) is 0 Å². The zero-order chi connectivity index (χ0) is 10.2. The number of carbonyl (C=O) groups excluding carboxylic acids is 1. The lowest BCUT2D eigenvalue weighted by Gasteiger charge is -2.04. The molecule has 1 aromatic rings. The predicted octanol–water partition coefficient (Wildman–Crippen LogP) is 1.27. The monoisotopic (exact) mass is 182 g/mol. The number of aromatic nitrogens is 2. The largest absolute Gasteiger partial charge is 0.504 e. The number of rotatable bonds is 2. The lowest BCUT2D eigenvalue weighted by Crippen LogP contribution is -2.12. The Labute approximate surface area is 77.2 Å². The first kappa shape index (κ1) is 9.77. The van der Waals surface area contributed by atoms with E-state index < -0.39 is 0 Å². The Balaban J connectivity index is 3.21. The van der Waals surface area contributed by atoms with E-state index in [2.05, 4.69) is 5.10 Å². The maximum atomic E-state index is 11.6. The molecule has 0 fully saturated rings. The fourth-order valence-electron chi connectivity index (χ4n) is 1.20. The van der Waals surface area contributed by atoms with Gasteiger partial charge in [-0.25, -0.2) is 0 Å². The molecule has 0 amide bonds. The third-order valence-corrected chi connectivity index (χ3v) is 1.95. The van der Waals surface area contributed by atoms with Gasteiger partial charge >= 0.3 is 0 Å². The summed E-state index contributed by atoms with van der Waals surface area (Å²) in [6.07, 6.45) is 0. The van der Waals surface area contributed by atoms with Crippen molar-refractivity contribution in [2.75, 3.05) is 0 Å². The quantitative estimate of drug-likeness (QED) is 0.701. The van der Waals surface area contributed by atoms with Gasteiger partial charge in [0.1, 0.15) is 11.4 Å². The van der Waals surface area contributed by atoms with Gasteiger partial charge in [0.25, 0.3) is 0 Å². The van der Waals surface area contributed by atoms with Crippen molar-refractivity contribution < 1.29 is 9.90 Å². The van der Waals surface area contributed by atoms with E-state index in [0.717, 1.165) is 0 Å². The highest BCUT2D eigenvalue weighted by atomic mass is 16.3. The molecular formula is C9H14N2O2. The second-order valence-electron chi connectivity index (χ2n) is 3.43. The van der Waals surface area contributed by atoms with Crippen molar-refractivity contribution in [3.63, 3.8) is 0 Å². The number of ketones is 1. The normalized spacial score (nSPS) is 10.8. The number of aryl methyl sites for hydroxylation is 2. The minimum absolute atomic E-state index is 0.00111. The van der Waals surface area contributed by atoms with Crippen LogP contribution in [0.25, 0.3) is 0 Å². The molecule has 0 spiro atoms. The van der Waals surface area contributed by atoms with Crippen LogP contribution in [0.15, 0.2) is 0 Å². The topological polar surface area (TPSA) is 55.1 Å². The van der Waals surface area contributed by atoms with E-state index in [1.54, 1.807) is 27.8 Å². The van der Waals surface area contributed by atoms with Gasteiger partial charge in [-0.15, -0.1) is 0 Å². The van der Waals surface area contributed by atoms with Gasteiger partial charge in [-0.1, -0.05) is 13.8 Å². The molecule has 1 heterocycles. The molecule has 0 atom stereocenters. The van der Waals surface area contributed by atoms with Crippen molar-refractivity contribution in [3.05, 3.63) is 11.4 Å². The van der Waals surface area contributed by atoms with Crippen molar-refractivity contribution in [1.82, 2.24) is 9.78 Å². The van der Waals surface area contributed by atoms with Gasteiger partial charge in [0.15, 0.2) is 11.5 Å². The Morgan fingerprint density at radius 3 is 2.38 bits per heavy atom. The van der Waals surface area contributed by atoms with Crippen molar-refractivity contribution in [1.29, 1.82) is 0 Å². The van der Waals surface area contributed by atoms with Gasteiger partial charge in [-0.05, 0) is 6.92 Å². The van der Waals surface area contributed by atoms with Gasteiger partial charge in [0.2, 0.25) is 0 Å². The Morgan fingerprint density at radius 1 is 1.54 bits per heavy atom. The van der Waals surface area contributed by atoms with Crippen molar-refractivity contribution in [2.24, 2.45) is 13.0 Å². The van der Waals surface area contributed by atoms with Crippen molar-refractivity contribution >= 4 is 5.78 Å². The second-order valence-corrected chi connectivity index (χ2v) is 3.43.